The molecule has 0 radical (unpaired) electrons. The van der Waals surface area contributed by atoms with E-state index in [0.29, 0.717) is 42.3 Å². The summed E-state index contributed by atoms with van der Waals surface area (Å²) in [6, 6.07) is 5.17. The third kappa shape index (κ3) is 4.25. The fourth-order valence-electron chi connectivity index (χ4n) is 4.87. The van der Waals surface area contributed by atoms with E-state index in [2.05, 4.69) is 16.6 Å². The molecular weight excluding hydrogens is 394 g/mol. The molecule has 4 aliphatic rings. The van der Waals surface area contributed by atoms with Crippen LogP contribution in [0.1, 0.15) is 52.4 Å². The van der Waals surface area contributed by atoms with Crippen LogP contribution >= 0.6 is 0 Å². The number of nitrogens with one attached hydrogen (secondary N) is 2. The van der Waals surface area contributed by atoms with Crippen LogP contribution in [0.15, 0.2) is 18.2 Å². The molecule has 164 valence electrons. The first-order chi connectivity index (χ1) is 14.8. The molecule has 5 rings (SSSR count). The van der Waals surface area contributed by atoms with Crippen molar-refractivity contribution in [2.75, 3.05) is 17.2 Å². The van der Waals surface area contributed by atoms with Gasteiger partial charge in [-0.05, 0) is 63.6 Å². The molecular formula is C24H29N3O4. The van der Waals surface area contributed by atoms with E-state index in [9.17, 15) is 14.4 Å². The molecule has 0 unspecified atom stereocenters. The molecule has 7 heteroatoms. The number of hydrogen-bond acceptors (Lipinski definition) is 4. The monoisotopic (exact) mass is 423 g/mol. The molecule has 1 aromatic carbocycles. The van der Waals surface area contributed by atoms with E-state index in [1.807, 2.05) is 4.90 Å². The molecule has 3 amide bonds. The van der Waals surface area contributed by atoms with Crippen LogP contribution in [0.4, 0.5) is 11.4 Å². The highest BCUT2D eigenvalue weighted by Crippen LogP contribution is 2.41. The summed E-state index contributed by atoms with van der Waals surface area (Å²) in [5.74, 6) is 3.05. The van der Waals surface area contributed by atoms with E-state index >= 15 is 0 Å². The predicted molar refractivity (Wildman–Crippen MR) is 117 cm³/mol. The summed E-state index contributed by atoms with van der Waals surface area (Å²) < 4.78 is 5.75. The van der Waals surface area contributed by atoms with Crippen LogP contribution in [-0.2, 0) is 14.4 Å². The van der Waals surface area contributed by atoms with Gasteiger partial charge in [-0.1, -0.05) is 0 Å². The average molecular weight is 424 g/mol. The van der Waals surface area contributed by atoms with Crippen molar-refractivity contribution in [3.63, 3.8) is 0 Å². The molecule has 3 aliphatic heterocycles. The second kappa shape index (κ2) is 8.26. The summed E-state index contributed by atoms with van der Waals surface area (Å²) in [5, 5.41) is 5.82. The fraction of sp³-hybridized carbons (Fsp3) is 0.542. The van der Waals surface area contributed by atoms with Gasteiger partial charge < -0.3 is 20.3 Å². The van der Waals surface area contributed by atoms with Crippen LogP contribution in [0.2, 0.25) is 0 Å². The van der Waals surface area contributed by atoms with Crippen molar-refractivity contribution < 1.29 is 19.1 Å². The van der Waals surface area contributed by atoms with Gasteiger partial charge in [-0.15, -0.1) is 12.3 Å². The number of amides is 3. The summed E-state index contributed by atoms with van der Waals surface area (Å²) in [7, 11) is 0. The average Bonchev–Trinajstić information content (AvgIpc) is 2.75. The minimum atomic E-state index is -0.935. The lowest BCUT2D eigenvalue weighted by atomic mass is 9.72. The molecule has 31 heavy (non-hydrogen) atoms. The molecule has 1 saturated carbocycles. The first kappa shape index (κ1) is 21.2. The van der Waals surface area contributed by atoms with Crippen LogP contribution < -0.4 is 15.4 Å². The van der Waals surface area contributed by atoms with E-state index in [1.165, 1.54) is 0 Å². The molecule has 0 spiro atoms. The number of carbonyl (C=O) groups excluding carboxylic acids is 3. The van der Waals surface area contributed by atoms with Gasteiger partial charge in [0.05, 0.1) is 11.6 Å². The summed E-state index contributed by atoms with van der Waals surface area (Å²) in [6.45, 7) is 4.15. The summed E-state index contributed by atoms with van der Waals surface area (Å²) in [6.07, 6.45) is 9.70. The van der Waals surface area contributed by atoms with Crippen molar-refractivity contribution in [3.8, 4) is 18.1 Å². The predicted octanol–water partition coefficient (Wildman–Crippen LogP) is 3.17. The maximum Gasteiger partial charge on any atom is 0.268 e. The highest BCUT2D eigenvalue weighted by atomic mass is 16.5. The molecule has 7 nitrogen and oxygen atoms in total. The lowest BCUT2D eigenvalue weighted by molar-refractivity contribution is -0.145. The zero-order valence-electron chi connectivity index (χ0n) is 18.1. The molecule has 2 bridgehead atoms. The number of unbranched alkanes of at least 4 members (excludes halogenated alkanes) is 1. The van der Waals surface area contributed by atoms with Crippen LogP contribution in [0.3, 0.4) is 0 Å². The van der Waals surface area contributed by atoms with E-state index in [-0.39, 0.29) is 29.7 Å². The van der Waals surface area contributed by atoms with Crippen LogP contribution in [-0.4, -0.2) is 40.8 Å². The lowest BCUT2D eigenvalue weighted by Crippen LogP contribution is -2.57. The molecule has 2 saturated heterocycles. The van der Waals surface area contributed by atoms with Gasteiger partial charge in [-0.25, -0.2) is 0 Å². The number of anilines is 2. The minimum Gasteiger partial charge on any atom is -0.476 e. The van der Waals surface area contributed by atoms with Crippen molar-refractivity contribution in [1.29, 1.82) is 0 Å². The number of hydrogen-bond donors (Lipinski definition) is 2. The van der Waals surface area contributed by atoms with Crippen LogP contribution in [0, 0.1) is 24.2 Å². The standard InChI is InChI=1S/C24H29N3O4/c1-4-5-6-7-21(28)27-14-15-8-10-19(27)17(12-15)22(29)25-16-9-11-20-18(13-16)26-23(30)24(2,3)31-20/h1,9,11,13,15,17,19H,5-8,10,12,14H2,2-3H3,(H,25,29)(H,26,30)/t15-,17+,19+/m1/s1. The Bertz CT molecular complexity index is 949. The highest BCUT2D eigenvalue weighted by molar-refractivity contribution is 6.01. The second-order valence-corrected chi connectivity index (χ2v) is 9.22. The van der Waals surface area contributed by atoms with Gasteiger partial charge in [0.25, 0.3) is 5.91 Å². The number of piperidine rings is 2. The van der Waals surface area contributed by atoms with Gasteiger partial charge in [0.1, 0.15) is 5.75 Å². The van der Waals surface area contributed by atoms with Gasteiger partial charge in [-0.3, -0.25) is 14.4 Å². The Labute approximate surface area is 182 Å². The van der Waals surface area contributed by atoms with Gasteiger partial charge in [0.2, 0.25) is 11.8 Å². The Balaban J connectivity index is 1.44. The van der Waals surface area contributed by atoms with Crippen LogP contribution in [0.25, 0.3) is 0 Å². The quantitative estimate of drug-likeness (QED) is 0.563. The normalized spacial score (nSPS) is 25.6. The van der Waals surface area contributed by atoms with Crippen molar-refractivity contribution in [3.05, 3.63) is 18.2 Å². The Morgan fingerprint density at radius 3 is 2.90 bits per heavy atom. The molecule has 1 aliphatic carbocycles. The van der Waals surface area contributed by atoms with Gasteiger partial charge in [-0.2, -0.15) is 0 Å². The molecule has 3 fully saturated rings. The Hall–Kier alpha value is -3.01. The first-order valence-electron chi connectivity index (χ1n) is 11.0. The number of terminal acetylenes is 1. The number of rotatable bonds is 5. The van der Waals surface area contributed by atoms with Gasteiger partial charge in [0.15, 0.2) is 5.60 Å². The van der Waals surface area contributed by atoms with Crippen molar-refractivity contribution in [2.45, 2.75) is 64.0 Å². The second-order valence-electron chi connectivity index (χ2n) is 9.22. The smallest absolute Gasteiger partial charge is 0.268 e. The van der Waals surface area contributed by atoms with Crippen LogP contribution in [0.5, 0.6) is 5.75 Å². The van der Waals surface area contributed by atoms with Crippen molar-refractivity contribution >= 4 is 29.1 Å². The zero-order valence-corrected chi connectivity index (χ0v) is 18.1. The SMILES string of the molecule is C#CCCCC(=O)N1C[C@@H]2CC[C@H]1[C@@H](C(=O)Nc1ccc3c(c1)NC(=O)C(C)(C)O3)C2. The van der Waals surface area contributed by atoms with Gasteiger partial charge in [0, 0.05) is 31.1 Å². The van der Waals surface area contributed by atoms with E-state index in [1.54, 1.807) is 32.0 Å². The lowest BCUT2D eigenvalue weighted by Gasteiger charge is -2.49. The Morgan fingerprint density at radius 1 is 1.35 bits per heavy atom. The number of ether oxygens (including phenoxy) is 1. The zero-order chi connectivity index (χ0) is 22.2. The summed E-state index contributed by atoms with van der Waals surface area (Å²) in [5.41, 5.74) is 0.202. The number of nitrogens with zero attached hydrogens (tertiary/aromatic N) is 1. The number of benzene rings is 1. The minimum absolute atomic E-state index is 0.0650. The van der Waals surface area contributed by atoms with Crippen molar-refractivity contribution in [2.24, 2.45) is 11.8 Å². The summed E-state index contributed by atoms with van der Waals surface area (Å²) >= 11 is 0. The molecule has 2 N–H and O–H groups in total. The van der Waals surface area contributed by atoms with E-state index < -0.39 is 5.60 Å². The maximum atomic E-state index is 13.1. The first-order valence-corrected chi connectivity index (χ1v) is 11.0. The van der Waals surface area contributed by atoms with Gasteiger partial charge >= 0.3 is 0 Å². The Kier molecular flexibility index (Phi) is 5.65. The Morgan fingerprint density at radius 2 is 2.16 bits per heavy atom. The third-order valence-corrected chi connectivity index (χ3v) is 6.55. The fourth-order valence-corrected chi connectivity index (χ4v) is 4.87. The topological polar surface area (TPSA) is 87.7 Å². The van der Waals surface area contributed by atoms with Crippen molar-refractivity contribution in [1.82, 2.24) is 4.90 Å². The largest absolute Gasteiger partial charge is 0.476 e. The third-order valence-electron chi connectivity index (χ3n) is 6.55. The maximum absolute atomic E-state index is 13.1. The summed E-state index contributed by atoms with van der Waals surface area (Å²) in [4.78, 5) is 39.9. The highest BCUT2D eigenvalue weighted by Gasteiger charge is 2.45. The number of fused-ring (bicyclic) bond motifs is 4. The van der Waals surface area contributed by atoms with E-state index in [4.69, 9.17) is 11.2 Å². The molecule has 3 heterocycles. The molecule has 3 atom stereocenters. The van der Waals surface area contributed by atoms with E-state index in [0.717, 1.165) is 25.8 Å². The molecule has 0 aromatic heterocycles. The number of carbonyl (C=O) groups is 3. The molecule has 1 aromatic rings.